The van der Waals surface area contributed by atoms with E-state index in [0.29, 0.717) is 5.92 Å². The van der Waals surface area contributed by atoms with Crippen molar-refractivity contribution >= 4 is 11.9 Å². The van der Waals surface area contributed by atoms with Gasteiger partial charge in [-0.1, -0.05) is 20.3 Å². The first-order chi connectivity index (χ1) is 7.79. The van der Waals surface area contributed by atoms with Crippen molar-refractivity contribution in [1.82, 2.24) is 10.6 Å². The minimum Gasteiger partial charge on any atom is -0.370 e. The maximum absolute atomic E-state index is 8.36. The van der Waals surface area contributed by atoms with Gasteiger partial charge in [-0.25, -0.2) is 0 Å². The summed E-state index contributed by atoms with van der Waals surface area (Å²) in [7, 11) is 0. The molecule has 0 heterocycles. The van der Waals surface area contributed by atoms with Crippen LogP contribution in [0.15, 0.2) is 0 Å². The molecule has 17 heavy (non-hydrogen) atoms. The SMILES string of the molecule is CCCC(C)CNC(=N)NC(=N)N.O=[N+]([O-])O. The standard InChI is InChI=1S/C8H19N5.HNO3/c1-3-4-6(2)5-12-8(11)13-7(9)10;2-1(3)4/h6H,3-5H2,1-2H3,(H6,9,10,11,12,13);(H,2,3,4). The molecule has 7 N–H and O–H groups in total. The summed E-state index contributed by atoms with van der Waals surface area (Å²) in [5.74, 6) is 0.426. The zero-order valence-electron chi connectivity index (χ0n) is 9.99. The second-order valence-electron chi connectivity index (χ2n) is 3.43. The lowest BCUT2D eigenvalue weighted by Crippen LogP contribution is -2.44. The Bertz CT molecular complexity index is 254. The molecule has 1 unspecified atom stereocenters. The van der Waals surface area contributed by atoms with E-state index in [4.69, 9.17) is 31.9 Å². The Labute approximate surface area is 99.5 Å². The summed E-state index contributed by atoms with van der Waals surface area (Å²) in [5.41, 5.74) is 5.05. The summed E-state index contributed by atoms with van der Waals surface area (Å²) in [6.45, 7) is 5.00. The molecule has 9 nitrogen and oxygen atoms in total. The quantitative estimate of drug-likeness (QED) is 0.179. The molecular weight excluding hydrogens is 228 g/mol. The lowest BCUT2D eigenvalue weighted by atomic mass is 10.1. The molecule has 0 aromatic rings. The topological polar surface area (TPSA) is 161 Å². The molecule has 0 aromatic carbocycles. The van der Waals surface area contributed by atoms with Crippen LogP contribution in [0.1, 0.15) is 26.7 Å². The summed E-state index contributed by atoms with van der Waals surface area (Å²) in [6.07, 6.45) is 2.29. The highest BCUT2D eigenvalue weighted by Crippen LogP contribution is 2.01. The highest BCUT2D eigenvalue weighted by Gasteiger charge is 2.01. The van der Waals surface area contributed by atoms with E-state index in [1.165, 1.54) is 0 Å². The number of rotatable bonds is 4. The van der Waals surface area contributed by atoms with E-state index < -0.39 is 5.09 Å². The number of nitrogens with two attached hydrogens (primary N) is 1. The number of guanidine groups is 2. The van der Waals surface area contributed by atoms with Gasteiger partial charge >= 0.3 is 0 Å². The molecule has 0 spiro atoms. The van der Waals surface area contributed by atoms with Gasteiger partial charge in [0.05, 0.1) is 0 Å². The highest BCUT2D eigenvalue weighted by molar-refractivity contribution is 5.94. The molecule has 0 saturated carbocycles. The molecule has 0 aliphatic rings. The monoisotopic (exact) mass is 248 g/mol. The predicted octanol–water partition coefficient (Wildman–Crippen LogP) is 0.0823. The van der Waals surface area contributed by atoms with E-state index in [-0.39, 0.29) is 11.9 Å². The molecule has 0 amide bonds. The molecule has 0 rings (SSSR count). The fourth-order valence-corrected chi connectivity index (χ4v) is 1.05. The second kappa shape index (κ2) is 10.5. The average molecular weight is 248 g/mol. The zero-order valence-corrected chi connectivity index (χ0v) is 9.99. The van der Waals surface area contributed by atoms with E-state index in [2.05, 4.69) is 24.5 Å². The molecule has 0 bridgehead atoms. The minimum absolute atomic E-state index is 0.0930. The first kappa shape index (κ1) is 17.3. The largest absolute Gasteiger partial charge is 0.370 e. The van der Waals surface area contributed by atoms with Gasteiger partial charge in [0, 0.05) is 6.54 Å². The highest BCUT2D eigenvalue weighted by atomic mass is 16.9. The third kappa shape index (κ3) is 20.1. The van der Waals surface area contributed by atoms with E-state index in [1.807, 2.05) is 0 Å². The summed E-state index contributed by atoms with van der Waals surface area (Å²) < 4.78 is 0. The first-order valence-electron chi connectivity index (χ1n) is 5.06. The van der Waals surface area contributed by atoms with Crippen LogP contribution < -0.4 is 16.4 Å². The Morgan fingerprint density at radius 3 is 2.41 bits per heavy atom. The second-order valence-corrected chi connectivity index (χ2v) is 3.43. The van der Waals surface area contributed by atoms with Crippen LogP contribution in [-0.4, -0.2) is 28.8 Å². The van der Waals surface area contributed by atoms with E-state index >= 15 is 0 Å². The van der Waals surface area contributed by atoms with Crippen LogP contribution in [0.3, 0.4) is 0 Å². The van der Waals surface area contributed by atoms with Gasteiger partial charge in [0.15, 0.2) is 11.9 Å². The predicted molar refractivity (Wildman–Crippen MR) is 63.6 cm³/mol. The summed E-state index contributed by atoms with van der Waals surface area (Å²) >= 11 is 0. The number of nitrogens with one attached hydrogen (secondary N) is 4. The molecule has 0 aromatic heterocycles. The van der Waals surface area contributed by atoms with Crippen molar-refractivity contribution in [2.75, 3.05) is 6.54 Å². The molecule has 1 atom stereocenters. The van der Waals surface area contributed by atoms with Gasteiger partial charge in [-0.15, -0.1) is 10.1 Å². The maximum atomic E-state index is 8.36. The lowest BCUT2D eigenvalue weighted by molar-refractivity contribution is -0.742. The molecule has 0 radical (unpaired) electrons. The Hall–Kier alpha value is -2.06. The van der Waals surface area contributed by atoms with Crippen molar-refractivity contribution in [2.45, 2.75) is 26.7 Å². The molecule has 0 aliphatic heterocycles. The van der Waals surface area contributed by atoms with Crippen LogP contribution in [0.25, 0.3) is 0 Å². The number of nitrogens with zero attached hydrogens (tertiary/aromatic N) is 1. The van der Waals surface area contributed by atoms with Gasteiger partial charge in [0.25, 0.3) is 5.09 Å². The van der Waals surface area contributed by atoms with Gasteiger partial charge in [0.1, 0.15) is 0 Å². The third-order valence-corrected chi connectivity index (χ3v) is 1.67. The van der Waals surface area contributed by atoms with Crippen molar-refractivity contribution in [1.29, 1.82) is 10.8 Å². The molecule has 0 fully saturated rings. The summed E-state index contributed by atoms with van der Waals surface area (Å²) in [5, 5.41) is 33.0. The normalized spacial score (nSPS) is 10.5. The van der Waals surface area contributed by atoms with E-state index in [1.54, 1.807) is 0 Å². The van der Waals surface area contributed by atoms with Crippen molar-refractivity contribution in [3.8, 4) is 0 Å². The van der Waals surface area contributed by atoms with Gasteiger partial charge < -0.3 is 16.3 Å². The lowest BCUT2D eigenvalue weighted by Gasteiger charge is -2.13. The molecule has 9 heteroatoms. The van der Waals surface area contributed by atoms with Crippen LogP contribution in [0.5, 0.6) is 0 Å². The van der Waals surface area contributed by atoms with Gasteiger partial charge in [-0.2, -0.15) is 0 Å². The van der Waals surface area contributed by atoms with E-state index in [9.17, 15) is 0 Å². The molecule has 0 saturated heterocycles. The maximum Gasteiger partial charge on any atom is 0.291 e. The van der Waals surface area contributed by atoms with Gasteiger partial charge in [0.2, 0.25) is 0 Å². The van der Waals surface area contributed by atoms with Crippen molar-refractivity contribution in [3.63, 3.8) is 0 Å². The van der Waals surface area contributed by atoms with Crippen molar-refractivity contribution in [2.24, 2.45) is 11.7 Å². The van der Waals surface area contributed by atoms with E-state index in [0.717, 1.165) is 19.4 Å². The summed E-state index contributed by atoms with van der Waals surface area (Å²) in [4.78, 5) is 8.36. The fourth-order valence-electron chi connectivity index (χ4n) is 1.05. The number of hydrogen-bond acceptors (Lipinski definition) is 4. The molecule has 0 aliphatic carbocycles. The molecule has 100 valence electrons. The Morgan fingerprint density at radius 1 is 1.59 bits per heavy atom. The van der Waals surface area contributed by atoms with Crippen LogP contribution in [0.2, 0.25) is 0 Å². The van der Waals surface area contributed by atoms with Gasteiger partial charge in [-0.3, -0.25) is 16.1 Å². The van der Waals surface area contributed by atoms with Crippen molar-refractivity contribution < 1.29 is 10.3 Å². The Balaban J connectivity index is 0. The molecular formula is C8H20N6O3. The Morgan fingerprint density at radius 2 is 2.06 bits per heavy atom. The number of hydrogen-bond donors (Lipinski definition) is 6. The van der Waals surface area contributed by atoms with Gasteiger partial charge in [-0.05, 0) is 12.3 Å². The Kier molecular flexibility index (Phi) is 10.7. The zero-order chi connectivity index (χ0) is 13.8. The summed E-state index contributed by atoms with van der Waals surface area (Å²) in [6, 6.07) is 0. The fraction of sp³-hybridized carbons (Fsp3) is 0.750. The van der Waals surface area contributed by atoms with Crippen molar-refractivity contribution in [3.05, 3.63) is 10.1 Å². The first-order valence-corrected chi connectivity index (χ1v) is 5.06. The van der Waals surface area contributed by atoms with Crippen LogP contribution >= 0.6 is 0 Å². The smallest absolute Gasteiger partial charge is 0.291 e. The van der Waals surface area contributed by atoms with Crippen LogP contribution in [-0.2, 0) is 0 Å². The average Bonchev–Trinajstić information content (AvgIpc) is 2.13. The van der Waals surface area contributed by atoms with Crippen LogP contribution in [0.4, 0.5) is 0 Å². The van der Waals surface area contributed by atoms with Crippen LogP contribution in [0, 0.1) is 26.9 Å². The minimum atomic E-state index is -1.50. The third-order valence-electron chi connectivity index (χ3n) is 1.67.